The lowest BCUT2D eigenvalue weighted by atomic mass is 10.2. The van der Waals surface area contributed by atoms with Gasteiger partial charge in [-0.1, -0.05) is 35.3 Å². The summed E-state index contributed by atoms with van der Waals surface area (Å²) in [6.07, 6.45) is 0. The van der Waals surface area contributed by atoms with Crippen LogP contribution in [0.25, 0.3) is 0 Å². The molecule has 0 bridgehead atoms. The van der Waals surface area contributed by atoms with Crippen LogP contribution in [0, 0.1) is 0 Å². The molecule has 110 valence electrons. The van der Waals surface area contributed by atoms with Gasteiger partial charge < -0.3 is 10.1 Å². The van der Waals surface area contributed by atoms with E-state index in [9.17, 15) is 4.79 Å². The Morgan fingerprint density at radius 1 is 1.14 bits per heavy atom. The van der Waals surface area contributed by atoms with Crippen molar-refractivity contribution in [1.29, 1.82) is 0 Å². The first-order chi connectivity index (χ1) is 10.1. The van der Waals surface area contributed by atoms with Gasteiger partial charge in [0.05, 0.1) is 22.2 Å². The van der Waals surface area contributed by atoms with E-state index in [0.29, 0.717) is 28.8 Å². The van der Waals surface area contributed by atoms with E-state index in [4.69, 9.17) is 27.9 Å². The second kappa shape index (κ2) is 7.34. The Hall–Kier alpha value is -1.71. The van der Waals surface area contributed by atoms with E-state index in [0.717, 1.165) is 11.3 Å². The van der Waals surface area contributed by atoms with Crippen LogP contribution >= 0.6 is 23.2 Å². The van der Waals surface area contributed by atoms with Gasteiger partial charge in [0.25, 0.3) is 0 Å². The number of halogens is 2. The summed E-state index contributed by atoms with van der Waals surface area (Å²) in [7, 11) is 0. The lowest BCUT2D eigenvalue weighted by Gasteiger charge is -2.09. The van der Waals surface area contributed by atoms with Gasteiger partial charge in [0.1, 0.15) is 0 Å². The number of nitrogens with one attached hydrogen (secondary N) is 1. The minimum atomic E-state index is -0.323. The molecule has 1 N–H and O–H groups in total. The molecule has 0 radical (unpaired) electrons. The van der Waals surface area contributed by atoms with E-state index in [-0.39, 0.29) is 5.97 Å². The Morgan fingerprint density at radius 3 is 2.67 bits per heavy atom. The molecule has 0 aliphatic rings. The number of esters is 1. The summed E-state index contributed by atoms with van der Waals surface area (Å²) in [5, 5.41) is 4.29. The standard InChI is InChI=1S/C16H15Cl2NO2/c1-2-21-16(20)12-4-3-5-13(9-12)19-10-11-6-7-14(17)15(18)8-11/h3-9,19H,2,10H2,1H3. The fourth-order valence-corrected chi connectivity index (χ4v) is 2.14. The zero-order valence-corrected chi connectivity index (χ0v) is 13.0. The third-order valence-corrected chi connectivity index (χ3v) is 3.59. The molecule has 0 unspecified atom stereocenters. The SMILES string of the molecule is CCOC(=O)c1cccc(NCc2ccc(Cl)c(Cl)c2)c1. The zero-order chi connectivity index (χ0) is 15.2. The highest BCUT2D eigenvalue weighted by Crippen LogP contribution is 2.23. The van der Waals surface area contributed by atoms with Gasteiger partial charge in [0.15, 0.2) is 0 Å². The van der Waals surface area contributed by atoms with Gasteiger partial charge in [-0.25, -0.2) is 4.79 Å². The maximum atomic E-state index is 11.7. The fourth-order valence-electron chi connectivity index (χ4n) is 1.82. The Kier molecular flexibility index (Phi) is 5.48. The summed E-state index contributed by atoms with van der Waals surface area (Å²) in [6, 6.07) is 12.7. The van der Waals surface area contributed by atoms with Crippen molar-refractivity contribution >= 4 is 34.9 Å². The lowest BCUT2D eigenvalue weighted by Crippen LogP contribution is -2.06. The second-order valence-electron chi connectivity index (χ2n) is 4.40. The van der Waals surface area contributed by atoms with E-state index >= 15 is 0 Å². The summed E-state index contributed by atoms with van der Waals surface area (Å²) in [5.41, 5.74) is 2.37. The number of benzene rings is 2. The van der Waals surface area contributed by atoms with E-state index < -0.39 is 0 Å². The quantitative estimate of drug-likeness (QED) is 0.804. The first kappa shape index (κ1) is 15.7. The summed E-state index contributed by atoms with van der Waals surface area (Å²) in [6.45, 7) is 2.73. The number of hydrogen-bond donors (Lipinski definition) is 1. The topological polar surface area (TPSA) is 38.3 Å². The number of rotatable bonds is 5. The molecule has 0 saturated heterocycles. The molecular weight excluding hydrogens is 309 g/mol. The molecular formula is C16H15Cl2NO2. The van der Waals surface area contributed by atoms with E-state index in [1.807, 2.05) is 24.3 Å². The van der Waals surface area contributed by atoms with Crippen molar-refractivity contribution in [3.05, 3.63) is 63.6 Å². The Balaban J connectivity index is 2.04. The Labute approximate surface area is 133 Å². The van der Waals surface area contributed by atoms with Crippen LogP contribution in [0.4, 0.5) is 5.69 Å². The van der Waals surface area contributed by atoms with Crippen LogP contribution in [-0.4, -0.2) is 12.6 Å². The highest BCUT2D eigenvalue weighted by Gasteiger charge is 2.06. The van der Waals surface area contributed by atoms with Crippen LogP contribution < -0.4 is 5.32 Å². The maximum absolute atomic E-state index is 11.7. The van der Waals surface area contributed by atoms with Gasteiger partial charge in [-0.3, -0.25) is 0 Å². The molecule has 2 aromatic carbocycles. The Morgan fingerprint density at radius 2 is 1.95 bits per heavy atom. The van der Waals surface area contributed by atoms with Gasteiger partial charge >= 0.3 is 5.97 Å². The first-order valence-corrected chi connectivity index (χ1v) is 7.30. The average molecular weight is 324 g/mol. The van der Waals surface area contributed by atoms with Crippen molar-refractivity contribution in [1.82, 2.24) is 0 Å². The molecule has 5 heteroatoms. The van der Waals surface area contributed by atoms with E-state index in [1.54, 1.807) is 25.1 Å². The molecule has 0 heterocycles. The molecule has 0 amide bonds. The van der Waals surface area contributed by atoms with Crippen LogP contribution in [0.5, 0.6) is 0 Å². The smallest absolute Gasteiger partial charge is 0.338 e. The summed E-state index contributed by atoms with van der Waals surface area (Å²) < 4.78 is 4.98. The Bertz CT molecular complexity index is 644. The second-order valence-corrected chi connectivity index (χ2v) is 5.22. The molecule has 3 nitrogen and oxygen atoms in total. The van der Waals surface area contributed by atoms with Gasteiger partial charge in [0.2, 0.25) is 0 Å². The number of anilines is 1. The molecule has 0 aliphatic carbocycles. The molecule has 2 rings (SSSR count). The van der Waals surface area contributed by atoms with Crippen molar-refractivity contribution in [3.63, 3.8) is 0 Å². The van der Waals surface area contributed by atoms with E-state index in [2.05, 4.69) is 5.32 Å². The normalized spacial score (nSPS) is 10.2. The highest BCUT2D eigenvalue weighted by atomic mass is 35.5. The summed E-state index contributed by atoms with van der Waals surface area (Å²) >= 11 is 11.9. The molecule has 0 saturated carbocycles. The van der Waals surface area contributed by atoms with Crippen LogP contribution in [-0.2, 0) is 11.3 Å². The minimum Gasteiger partial charge on any atom is -0.462 e. The minimum absolute atomic E-state index is 0.323. The van der Waals surface area contributed by atoms with Crippen molar-refractivity contribution in [3.8, 4) is 0 Å². The third-order valence-electron chi connectivity index (χ3n) is 2.85. The largest absolute Gasteiger partial charge is 0.462 e. The summed E-state index contributed by atoms with van der Waals surface area (Å²) in [4.78, 5) is 11.7. The number of ether oxygens (including phenoxy) is 1. The maximum Gasteiger partial charge on any atom is 0.338 e. The number of hydrogen-bond acceptors (Lipinski definition) is 3. The van der Waals surface area contributed by atoms with Crippen molar-refractivity contribution in [2.24, 2.45) is 0 Å². The highest BCUT2D eigenvalue weighted by molar-refractivity contribution is 6.42. The predicted octanol–water partition coefficient (Wildman–Crippen LogP) is 4.78. The number of carbonyl (C=O) groups excluding carboxylic acids is 1. The first-order valence-electron chi connectivity index (χ1n) is 6.55. The van der Waals surface area contributed by atoms with Gasteiger partial charge in [-0.2, -0.15) is 0 Å². The fraction of sp³-hybridized carbons (Fsp3) is 0.188. The van der Waals surface area contributed by atoms with Gasteiger partial charge in [-0.05, 0) is 42.8 Å². The van der Waals surface area contributed by atoms with Crippen molar-refractivity contribution in [2.75, 3.05) is 11.9 Å². The molecule has 0 aromatic heterocycles. The van der Waals surface area contributed by atoms with Crippen molar-refractivity contribution in [2.45, 2.75) is 13.5 Å². The number of carbonyl (C=O) groups is 1. The lowest BCUT2D eigenvalue weighted by molar-refractivity contribution is 0.0526. The molecule has 21 heavy (non-hydrogen) atoms. The average Bonchev–Trinajstić information content (AvgIpc) is 2.49. The summed E-state index contributed by atoms with van der Waals surface area (Å²) in [5.74, 6) is -0.323. The molecule has 0 fully saturated rings. The molecule has 0 atom stereocenters. The van der Waals surface area contributed by atoms with Crippen LogP contribution in [0.1, 0.15) is 22.8 Å². The monoisotopic (exact) mass is 323 g/mol. The van der Waals surface area contributed by atoms with E-state index in [1.165, 1.54) is 0 Å². The predicted molar refractivity (Wildman–Crippen MR) is 86.2 cm³/mol. The van der Waals surface area contributed by atoms with Gasteiger partial charge in [0, 0.05) is 12.2 Å². The third kappa shape index (κ3) is 4.38. The van der Waals surface area contributed by atoms with Crippen molar-refractivity contribution < 1.29 is 9.53 Å². The van der Waals surface area contributed by atoms with Crippen LogP contribution in [0.3, 0.4) is 0 Å². The van der Waals surface area contributed by atoms with Crippen LogP contribution in [0.15, 0.2) is 42.5 Å². The molecule has 2 aromatic rings. The zero-order valence-electron chi connectivity index (χ0n) is 11.5. The molecule has 0 aliphatic heterocycles. The van der Waals surface area contributed by atoms with Crippen LogP contribution in [0.2, 0.25) is 10.0 Å². The molecule has 0 spiro atoms. The van der Waals surface area contributed by atoms with Gasteiger partial charge in [-0.15, -0.1) is 0 Å².